The second kappa shape index (κ2) is 8.43. The largest absolute Gasteiger partial charge is 0.497 e. The Morgan fingerprint density at radius 3 is 2.05 bits per heavy atom. The van der Waals surface area contributed by atoms with Gasteiger partial charge >= 0.3 is 0 Å². The van der Waals surface area contributed by atoms with Gasteiger partial charge in [0.15, 0.2) is 17.3 Å². The van der Waals surface area contributed by atoms with E-state index in [1.54, 1.807) is 43.5 Å². The molecule has 7 rings (SSSR count). The minimum atomic E-state index is -1.46. The lowest BCUT2D eigenvalue weighted by molar-refractivity contribution is 0.0680. The van der Waals surface area contributed by atoms with Crippen molar-refractivity contribution in [2.45, 2.75) is 22.2 Å². The minimum absolute atomic E-state index is 0.109. The molecular weight excluding hydrogens is 494 g/mol. The molecule has 1 spiro atoms. The fraction of sp³-hybridized carbons (Fsp3) is 0.156. The zero-order valence-corrected chi connectivity index (χ0v) is 21.4. The van der Waals surface area contributed by atoms with Gasteiger partial charge in [0.05, 0.1) is 12.8 Å². The molecule has 0 amide bonds. The van der Waals surface area contributed by atoms with E-state index in [0.29, 0.717) is 22.4 Å². The van der Waals surface area contributed by atoms with Gasteiger partial charge in [0.2, 0.25) is 0 Å². The summed E-state index contributed by atoms with van der Waals surface area (Å²) in [6, 6.07) is 30.7. The Morgan fingerprint density at radius 2 is 1.39 bits per heavy atom. The molecule has 5 nitrogen and oxygen atoms in total. The van der Waals surface area contributed by atoms with Gasteiger partial charge in [-0.25, -0.2) is 0 Å². The van der Waals surface area contributed by atoms with Crippen LogP contribution in [0.4, 0.5) is 5.69 Å². The highest BCUT2D eigenvalue weighted by Gasteiger charge is 2.73. The van der Waals surface area contributed by atoms with Gasteiger partial charge < -0.3 is 9.64 Å². The van der Waals surface area contributed by atoms with E-state index in [1.165, 1.54) is 11.8 Å². The summed E-state index contributed by atoms with van der Waals surface area (Å²) < 4.78 is 5.39. The topological polar surface area (TPSA) is 63.7 Å². The lowest BCUT2D eigenvalue weighted by atomic mass is 9.67. The normalized spacial score (nSPS) is 22.3. The van der Waals surface area contributed by atoms with Crippen molar-refractivity contribution in [3.8, 4) is 5.75 Å². The summed E-state index contributed by atoms with van der Waals surface area (Å²) in [6.07, 6.45) is 0. The number of Topliss-reactive ketones (excluding diaryl/α,β-unsaturated/α-hetero) is 3. The standard InChI is InChI=1S/C32H23NO4S/c1-37-21-17-15-19(16-18-21)26-27(28(34)20-9-3-2-4-10-20)33-24-13-7-8-14-25(24)38-31(33)32(26)29(35)22-11-5-6-12-23(22)30(32)36/h2-18,26-27,31H,1H3/t26-,27-,31-/m1/s1. The number of anilines is 1. The summed E-state index contributed by atoms with van der Waals surface area (Å²) in [5.41, 5.74) is 1.60. The fourth-order valence-electron chi connectivity index (χ4n) is 6.49. The first-order valence-electron chi connectivity index (χ1n) is 12.5. The summed E-state index contributed by atoms with van der Waals surface area (Å²) in [6.45, 7) is 0. The predicted molar refractivity (Wildman–Crippen MR) is 146 cm³/mol. The van der Waals surface area contributed by atoms with E-state index < -0.39 is 22.7 Å². The molecule has 0 bridgehead atoms. The maximum Gasteiger partial charge on any atom is 0.185 e. The second-order valence-corrected chi connectivity index (χ2v) is 11.0. The number of ketones is 3. The summed E-state index contributed by atoms with van der Waals surface area (Å²) in [4.78, 5) is 46.5. The molecular formula is C32H23NO4S. The highest BCUT2D eigenvalue weighted by Crippen LogP contribution is 2.66. The van der Waals surface area contributed by atoms with Gasteiger partial charge in [0.1, 0.15) is 22.6 Å². The van der Waals surface area contributed by atoms with Gasteiger partial charge in [-0.15, -0.1) is 0 Å². The van der Waals surface area contributed by atoms with Crippen molar-refractivity contribution in [1.82, 2.24) is 0 Å². The van der Waals surface area contributed by atoms with E-state index in [1.807, 2.05) is 71.6 Å². The molecule has 0 aromatic heterocycles. The van der Waals surface area contributed by atoms with E-state index in [2.05, 4.69) is 0 Å². The Morgan fingerprint density at radius 1 is 0.789 bits per heavy atom. The Hall–Kier alpha value is -4.16. The van der Waals surface area contributed by atoms with E-state index in [9.17, 15) is 14.4 Å². The first-order chi connectivity index (χ1) is 18.6. The number of hydrogen-bond donors (Lipinski definition) is 0. The SMILES string of the molecule is COc1ccc([C@@H]2[C@H](C(=O)c3ccccc3)N3c4ccccc4S[C@@H]3C23C(=O)c2ccccc2C3=O)cc1. The summed E-state index contributed by atoms with van der Waals surface area (Å²) in [7, 11) is 1.60. The number of ether oxygens (including phenoxy) is 1. The molecule has 3 aliphatic rings. The van der Waals surface area contributed by atoms with Crippen molar-refractivity contribution in [1.29, 1.82) is 0 Å². The Balaban J connectivity index is 1.52. The highest BCUT2D eigenvalue weighted by molar-refractivity contribution is 8.00. The second-order valence-electron chi connectivity index (χ2n) is 9.84. The maximum absolute atomic E-state index is 14.5. The smallest absolute Gasteiger partial charge is 0.185 e. The van der Waals surface area contributed by atoms with Crippen molar-refractivity contribution in [3.05, 3.63) is 125 Å². The number of carbonyl (C=O) groups is 3. The van der Waals surface area contributed by atoms with Crippen LogP contribution in [-0.2, 0) is 0 Å². The minimum Gasteiger partial charge on any atom is -0.497 e. The van der Waals surface area contributed by atoms with Gasteiger partial charge in [-0.3, -0.25) is 14.4 Å². The molecule has 38 heavy (non-hydrogen) atoms. The van der Waals surface area contributed by atoms with Crippen LogP contribution < -0.4 is 9.64 Å². The molecule has 0 unspecified atom stereocenters. The quantitative estimate of drug-likeness (QED) is 0.243. The van der Waals surface area contributed by atoms with Gasteiger partial charge in [0, 0.05) is 27.5 Å². The zero-order chi connectivity index (χ0) is 26.0. The average molecular weight is 518 g/mol. The van der Waals surface area contributed by atoms with Crippen LogP contribution in [0.3, 0.4) is 0 Å². The van der Waals surface area contributed by atoms with Crippen LogP contribution in [0.5, 0.6) is 5.75 Å². The number of carbonyl (C=O) groups excluding carboxylic acids is 3. The lowest BCUT2D eigenvalue weighted by Crippen LogP contribution is -2.45. The van der Waals surface area contributed by atoms with Gasteiger partial charge in [-0.05, 0) is 29.8 Å². The number of hydrogen-bond acceptors (Lipinski definition) is 6. The number of fused-ring (bicyclic) bond motifs is 5. The molecule has 1 fully saturated rings. The van der Waals surface area contributed by atoms with E-state index >= 15 is 0 Å². The Kier molecular flexibility index (Phi) is 5.10. The lowest BCUT2D eigenvalue weighted by Gasteiger charge is -2.32. The molecule has 1 saturated heterocycles. The monoisotopic (exact) mass is 517 g/mol. The molecule has 186 valence electrons. The molecule has 4 aromatic carbocycles. The molecule has 0 N–H and O–H groups in total. The summed E-state index contributed by atoms with van der Waals surface area (Å²) >= 11 is 1.51. The molecule has 0 saturated carbocycles. The Bertz CT molecular complexity index is 1580. The third kappa shape index (κ3) is 2.92. The van der Waals surface area contributed by atoms with Crippen LogP contribution in [0.1, 0.15) is 42.6 Å². The van der Waals surface area contributed by atoms with Crippen LogP contribution in [-0.4, -0.2) is 35.9 Å². The number of thioether (sulfide) groups is 1. The van der Waals surface area contributed by atoms with Crippen LogP contribution in [0, 0.1) is 5.41 Å². The third-order valence-corrected chi connectivity index (χ3v) is 9.52. The van der Waals surface area contributed by atoms with Crippen molar-refractivity contribution < 1.29 is 19.1 Å². The molecule has 0 radical (unpaired) electrons. The predicted octanol–water partition coefficient (Wildman–Crippen LogP) is 6.05. The molecule has 2 aliphatic heterocycles. The van der Waals surface area contributed by atoms with E-state index in [-0.39, 0.29) is 17.3 Å². The van der Waals surface area contributed by atoms with Crippen molar-refractivity contribution >= 4 is 34.8 Å². The zero-order valence-electron chi connectivity index (χ0n) is 20.5. The Labute approximate surface area is 224 Å². The van der Waals surface area contributed by atoms with E-state index in [4.69, 9.17) is 4.74 Å². The highest BCUT2D eigenvalue weighted by atomic mass is 32.2. The number of nitrogens with zero attached hydrogens (tertiary/aromatic N) is 1. The molecule has 1 aliphatic carbocycles. The molecule has 3 atom stereocenters. The summed E-state index contributed by atoms with van der Waals surface area (Å²) in [5.74, 6) is -0.559. The molecule has 2 heterocycles. The van der Waals surface area contributed by atoms with Crippen LogP contribution in [0.15, 0.2) is 108 Å². The first-order valence-corrected chi connectivity index (χ1v) is 13.4. The maximum atomic E-state index is 14.5. The van der Waals surface area contributed by atoms with Gasteiger partial charge in [-0.1, -0.05) is 90.6 Å². The number of benzene rings is 4. The first kappa shape index (κ1) is 23.0. The van der Waals surface area contributed by atoms with Crippen LogP contribution in [0.25, 0.3) is 0 Å². The molecule has 4 aromatic rings. The number of methoxy groups -OCH3 is 1. The summed E-state index contributed by atoms with van der Waals surface area (Å²) in [5, 5.41) is -0.558. The third-order valence-electron chi connectivity index (χ3n) is 8.10. The van der Waals surface area contributed by atoms with Crippen molar-refractivity contribution in [2.24, 2.45) is 5.41 Å². The van der Waals surface area contributed by atoms with Crippen molar-refractivity contribution in [2.75, 3.05) is 12.0 Å². The molecule has 6 heteroatoms. The average Bonchev–Trinajstić information content (AvgIpc) is 3.56. The van der Waals surface area contributed by atoms with E-state index in [0.717, 1.165) is 16.1 Å². The fourth-order valence-corrected chi connectivity index (χ4v) is 8.08. The van der Waals surface area contributed by atoms with Crippen LogP contribution in [0.2, 0.25) is 0 Å². The van der Waals surface area contributed by atoms with Crippen LogP contribution >= 0.6 is 11.8 Å². The number of rotatable bonds is 4. The van der Waals surface area contributed by atoms with Gasteiger partial charge in [-0.2, -0.15) is 0 Å². The van der Waals surface area contributed by atoms with Crippen molar-refractivity contribution in [3.63, 3.8) is 0 Å². The van der Waals surface area contributed by atoms with Gasteiger partial charge in [0.25, 0.3) is 0 Å². The number of para-hydroxylation sites is 1.